The zero-order chi connectivity index (χ0) is 14.3. The molecule has 0 aromatic carbocycles. The van der Waals surface area contributed by atoms with Gasteiger partial charge in [0.1, 0.15) is 0 Å². The van der Waals surface area contributed by atoms with Crippen LogP contribution in [0.25, 0.3) is 0 Å². The number of hydrogen-bond donors (Lipinski definition) is 1. The molecule has 4 bridgehead atoms. The zero-order valence-electron chi connectivity index (χ0n) is 13.8. The number of aliphatic hydroxyl groups is 1. The molecule has 7 heteroatoms. The zero-order valence-corrected chi connectivity index (χ0v) is 33.0. The van der Waals surface area contributed by atoms with Gasteiger partial charge in [-0.15, -0.1) is 6.10 Å². The minimum atomic E-state index is -4.54. The minimum absolute atomic E-state index is 0. The van der Waals surface area contributed by atoms with E-state index in [1.165, 1.54) is 25.2 Å². The van der Waals surface area contributed by atoms with Crippen LogP contribution in [0.2, 0.25) is 0 Å². The van der Waals surface area contributed by atoms with E-state index in [0.717, 1.165) is 30.6 Å². The summed E-state index contributed by atoms with van der Waals surface area (Å²) in [7, 11) is 0. The fourth-order valence-corrected chi connectivity index (χ4v) is 6.40. The SMILES string of the molecule is CC12C[C-](C(C[C-](O)C(F)(F)F)C1)C1C3CCC(C3)C12.[Rf].[Rf].[Rf]. The van der Waals surface area contributed by atoms with E-state index >= 15 is 0 Å². The first-order valence-corrected chi connectivity index (χ1v) is 7.77. The van der Waals surface area contributed by atoms with Crippen LogP contribution >= 0.6 is 0 Å². The van der Waals surface area contributed by atoms with Gasteiger partial charge in [0.2, 0.25) is 0 Å². The summed E-state index contributed by atoms with van der Waals surface area (Å²) in [5.74, 6) is 4.23. The molecule has 1 nitrogen and oxygen atoms in total. The van der Waals surface area contributed by atoms with Crippen LogP contribution < -0.4 is 0 Å². The van der Waals surface area contributed by atoms with E-state index in [4.69, 9.17) is 0 Å². The second-order valence-electron chi connectivity index (χ2n) is 7.84. The van der Waals surface area contributed by atoms with Gasteiger partial charge < -0.3 is 11.0 Å². The van der Waals surface area contributed by atoms with Gasteiger partial charge in [-0.25, -0.2) is 13.2 Å². The average Bonchev–Trinajstić information content (AvgIpc) is 3.03. The van der Waals surface area contributed by atoms with Crippen molar-refractivity contribution in [3.05, 3.63) is 12.0 Å². The third kappa shape index (κ3) is 1.96. The maximum atomic E-state index is 12.6. The predicted octanol–water partition coefficient (Wildman–Crippen LogP) is 4.51. The molecule has 4 aliphatic rings. The quantitative estimate of drug-likeness (QED) is 0.320. The summed E-state index contributed by atoms with van der Waals surface area (Å²) in [5, 5.41) is 9.31. The van der Waals surface area contributed by atoms with Crippen molar-refractivity contribution >= 4 is 0 Å². The Morgan fingerprint density at radius 3 is 2.39 bits per heavy atom. The minimum Gasteiger partial charge on any atom is -0.554 e. The van der Waals surface area contributed by atoms with Crippen LogP contribution in [0.1, 0.15) is 45.4 Å². The molecule has 120 valence electrons. The normalized spacial score (nSPS) is 43.8. The van der Waals surface area contributed by atoms with Crippen LogP contribution in [-0.2, 0) is 0 Å². The van der Waals surface area contributed by atoms with E-state index in [0.29, 0.717) is 5.92 Å². The molecule has 0 aliphatic heterocycles. The van der Waals surface area contributed by atoms with Gasteiger partial charge >= 0.3 is 0 Å². The van der Waals surface area contributed by atoms with Crippen molar-refractivity contribution in [1.82, 2.24) is 0 Å². The van der Waals surface area contributed by atoms with Crippen molar-refractivity contribution in [1.29, 1.82) is 0 Å². The third-order valence-corrected chi connectivity index (χ3v) is 6.76. The van der Waals surface area contributed by atoms with Gasteiger partial charge in [-0.3, -0.25) is 0 Å². The molecule has 4 rings (SSSR count). The maximum Gasteiger partial charge on any atom is 0.294 e. The molecule has 0 spiro atoms. The topological polar surface area (TPSA) is 20.2 Å². The van der Waals surface area contributed by atoms with Gasteiger partial charge in [0.05, 0.1) is 0 Å². The first-order chi connectivity index (χ1) is 9.29. The van der Waals surface area contributed by atoms with Gasteiger partial charge in [-0.1, -0.05) is 43.4 Å². The largest absolute Gasteiger partial charge is 0.554 e. The van der Waals surface area contributed by atoms with Crippen molar-refractivity contribution in [2.45, 2.75) is 51.6 Å². The predicted molar refractivity (Wildman–Crippen MR) is 67.7 cm³/mol. The number of fused-ring (bicyclic) bond motifs is 9. The Bertz CT molecular complexity index is 433. The van der Waals surface area contributed by atoms with Crippen LogP contribution in [0.3, 0.4) is 0 Å². The molecule has 4 fully saturated rings. The summed E-state index contributed by atoms with van der Waals surface area (Å²) in [6.45, 7) is 2.28. The molecule has 0 amide bonds. The Labute approximate surface area is 117 Å². The Hall–Kier alpha value is -3.25. The number of aliphatic hydroxyl groups excluding tert-OH is 1. The molecule has 4 saturated carbocycles. The summed E-state index contributed by atoms with van der Waals surface area (Å²) in [6, 6.07) is 0. The molecule has 23 heavy (non-hydrogen) atoms. The van der Waals surface area contributed by atoms with E-state index in [-0.39, 0.29) is 17.8 Å². The van der Waals surface area contributed by atoms with E-state index in [9.17, 15) is 18.3 Å². The molecular weight excluding hydrogens is 1070 g/mol. The van der Waals surface area contributed by atoms with Crippen molar-refractivity contribution in [2.75, 3.05) is 0 Å². The van der Waals surface area contributed by atoms with Crippen LogP contribution in [0.15, 0.2) is 0 Å². The van der Waals surface area contributed by atoms with Crippen LogP contribution in [0, 0.1) is 47.0 Å². The molecule has 0 aromatic heterocycles. The summed E-state index contributed by atoms with van der Waals surface area (Å²) in [6.07, 6.45) is -0.224. The van der Waals surface area contributed by atoms with Crippen LogP contribution in [-0.4, -0.2) is 11.3 Å². The van der Waals surface area contributed by atoms with Crippen molar-refractivity contribution in [3.8, 4) is 0 Å². The summed E-state index contributed by atoms with van der Waals surface area (Å²) < 4.78 is 37.7. The summed E-state index contributed by atoms with van der Waals surface area (Å²) in [5.41, 5.74) is 0.219. The van der Waals surface area contributed by atoms with E-state index in [2.05, 4.69) is 6.92 Å². The summed E-state index contributed by atoms with van der Waals surface area (Å²) in [4.78, 5) is 0. The van der Waals surface area contributed by atoms with Gasteiger partial charge in [0, 0.05) is 0 Å². The number of hydrogen-bond acceptors (Lipinski definition) is 1. The number of rotatable bonds is 2. The van der Waals surface area contributed by atoms with Crippen molar-refractivity contribution in [2.24, 2.45) is 35.0 Å². The fourth-order valence-electron chi connectivity index (χ4n) is 6.40. The summed E-state index contributed by atoms with van der Waals surface area (Å²) >= 11 is 0. The van der Waals surface area contributed by atoms with Gasteiger partial charge in [-0.05, 0) is 12.3 Å². The van der Waals surface area contributed by atoms with E-state index in [1.807, 2.05) is 0 Å². The maximum absolute atomic E-state index is 12.6. The number of alkyl halides is 3. The molecule has 4 aliphatic carbocycles. The Balaban J connectivity index is 0.000000882. The van der Waals surface area contributed by atoms with Gasteiger partial charge in [-0.2, -0.15) is 24.7 Å². The van der Waals surface area contributed by atoms with Gasteiger partial charge in [0.25, 0.3) is 6.18 Å². The smallest absolute Gasteiger partial charge is 0.294 e. The van der Waals surface area contributed by atoms with Crippen LogP contribution in [0.5, 0.6) is 0 Å². The molecule has 6 unspecified atom stereocenters. The van der Waals surface area contributed by atoms with Crippen LogP contribution in [0.4, 0.5) is 13.2 Å². The van der Waals surface area contributed by atoms with Gasteiger partial charge in [0.15, 0.2) is 0 Å². The molecule has 0 saturated heterocycles. The average molecular weight is 1090 g/mol. The Morgan fingerprint density at radius 2 is 1.78 bits per heavy atom. The van der Waals surface area contributed by atoms with E-state index in [1.54, 1.807) is 0 Å². The molecule has 0 radical (unpaired) electrons. The monoisotopic (exact) mass is 1090 g/mol. The molecule has 0 heterocycles. The second kappa shape index (κ2) is 4.62. The van der Waals surface area contributed by atoms with Crippen molar-refractivity contribution < 1.29 is 18.3 Å². The van der Waals surface area contributed by atoms with Crippen molar-refractivity contribution in [3.63, 3.8) is 0 Å². The molecular formula is C16H21F3ORf3-2. The Morgan fingerprint density at radius 1 is 1.17 bits per heavy atom. The van der Waals surface area contributed by atoms with E-state index < -0.39 is 12.3 Å². The first-order valence-electron chi connectivity index (χ1n) is 7.77. The fraction of sp³-hybridized carbons (Fsp3) is 0.875. The molecule has 6 atom stereocenters. The second-order valence-corrected chi connectivity index (χ2v) is 7.84. The first kappa shape index (κ1) is 17.8. The molecule has 1 N–H and O–H groups in total. The number of halogens is 3. The standard InChI is InChI=1S/C16H21F3O.3Rf/c1-15-6-10(5-12(20)16(17,18)19)11(7-15)13-8-2-3-9(4-8)14(13)15;;;/h8-10,13-14,20H,2-7H2,1H3;;;/q-2;;;. The Kier molecular flexibility index (Phi) is 3.58. The molecule has 0 aromatic rings. The third-order valence-electron chi connectivity index (χ3n) is 6.76.